The lowest BCUT2D eigenvalue weighted by atomic mass is 10.1. The molecule has 1 amide bonds. The molecule has 0 N–H and O–H groups in total. The van der Waals surface area contributed by atoms with Crippen molar-refractivity contribution < 1.29 is 19.1 Å². The zero-order valence-corrected chi connectivity index (χ0v) is 14.6. The first-order valence-corrected chi connectivity index (χ1v) is 8.30. The minimum atomic E-state index is -0.379. The van der Waals surface area contributed by atoms with Crippen LogP contribution in [0.5, 0.6) is 0 Å². The average Bonchev–Trinajstić information content (AvgIpc) is 3.05. The zero-order chi connectivity index (χ0) is 17.8. The quantitative estimate of drug-likeness (QED) is 0.769. The number of nitrogens with zero attached hydrogens (tertiary/aromatic N) is 1. The molecule has 3 rings (SSSR count). The molecule has 0 unspecified atom stereocenters. The summed E-state index contributed by atoms with van der Waals surface area (Å²) in [4.78, 5) is 25.7. The number of anilines is 1. The average molecular weight is 360 g/mol. The van der Waals surface area contributed by atoms with Gasteiger partial charge in [0.25, 0.3) is 5.91 Å². The number of carbonyl (C=O) groups excluding carboxylic acids is 2. The minimum absolute atomic E-state index is 0.0244. The lowest BCUT2D eigenvalue weighted by molar-refractivity contribution is -0.123. The molecule has 0 fully saturated rings. The number of esters is 1. The highest BCUT2D eigenvalue weighted by atomic mass is 35.5. The molecule has 0 saturated carbocycles. The van der Waals surface area contributed by atoms with Crippen molar-refractivity contribution in [3.8, 4) is 0 Å². The number of rotatable bonds is 5. The highest BCUT2D eigenvalue weighted by Gasteiger charge is 2.25. The predicted molar refractivity (Wildman–Crippen MR) is 94.9 cm³/mol. The van der Waals surface area contributed by atoms with E-state index in [2.05, 4.69) is 0 Å². The molecule has 6 heteroatoms. The van der Waals surface area contributed by atoms with E-state index < -0.39 is 0 Å². The molecule has 2 aromatic carbocycles. The van der Waals surface area contributed by atoms with Crippen LogP contribution in [-0.4, -0.2) is 32.1 Å². The van der Waals surface area contributed by atoms with Crippen molar-refractivity contribution in [2.45, 2.75) is 13.0 Å². The van der Waals surface area contributed by atoms with Crippen LogP contribution in [0.3, 0.4) is 0 Å². The molecule has 0 spiro atoms. The summed E-state index contributed by atoms with van der Waals surface area (Å²) >= 11 is 6.07. The maximum Gasteiger partial charge on any atom is 0.337 e. The van der Waals surface area contributed by atoms with Crippen molar-refractivity contribution in [2.75, 3.05) is 25.2 Å². The van der Waals surface area contributed by atoms with Crippen LogP contribution in [0.15, 0.2) is 42.5 Å². The number of fused-ring (bicyclic) bond motifs is 1. The van der Waals surface area contributed by atoms with Crippen LogP contribution in [0, 0.1) is 0 Å². The molecule has 25 heavy (non-hydrogen) atoms. The van der Waals surface area contributed by atoms with Crippen molar-refractivity contribution in [3.63, 3.8) is 0 Å². The Hall–Kier alpha value is -2.37. The van der Waals surface area contributed by atoms with Crippen LogP contribution in [-0.2, 0) is 27.3 Å². The molecular formula is C19H18ClNO4. The highest BCUT2D eigenvalue weighted by molar-refractivity contribution is 6.31. The van der Waals surface area contributed by atoms with E-state index in [-0.39, 0.29) is 25.1 Å². The fourth-order valence-corrected chi connectivity index (χ4v) is 3.04. The molecule has 0 aromatic heterocycles. The highest BCUT2D eigenvalue weighted by Crippen LogP contribution is 2.29. The minimum Gasteiger partial charge on any atom is -0.465 e. The van der Waals surface area contributed by atoms with Gasteiger partial charge in [0.05, 0.1) is 19.3 Å². The van der Waals surface area contributed by atoms with Crippen molar-refractivity contribution in [2.24, 2.45) is 0 Å². The van der Waals surface area contributed by atoms with Crippen LogP contribution in [0.2, 0.25) is 5.02 Å². The van der Waals surface area contributed by atoms with Crippen LogP contribution >= 0.6 is 11.6 Å². The van der Waals surface area contributed by atoms with Gasteiger partial charge in [-0.3, -0.25) is 4.79 Å². The van der Waals surface area contributed by atoms with E-state index in [9.17, 15) is 9.59 Å². The molecular weight excluding hydrogens is 342 g/mol. The number of amides is 1. The summed E-state index contributed by atoms with van der Waals surface area (Å²) in [5, 5.41) is 0.622. The Bertz CT molecular complexity index is 806. The molecule has 0 bridgehead atoms. The summed E-state index contributed by atoms with van der Waals surface area (Å²) in [5.74, 6) is -0.493. The number of hydrogen-bond acceptors (Lipinski definition) is 4. The van der Waals surface area contributed by atoms with Gasteiger partial charge in [0.15, 0.2) is 0 Å². The van der Waals surface area contributed by atoms with Crippen molar-refractivity contribution >= 4 is 29.2 Å². The van der Waals surface area contributed by atoms with Crippen molar-refractivity contribution in [3.05, 3.63) is 64.2 Å². The van der Waals surface area contributed by atoms with E-state index in [0.717, 1.165) is 16.8 Å². The molecule has 0 atom stereocenters. The van der Waals surface area contributed by atoms with E-state index in [4.69, 9.17) is 21.1 Å². The van der Waals surface area contributed by atoms with Gasteiger partial charge in [-0.15, -0.1) is 0 Å². The van der Waals surface area contributed by atoms with Crippen LogP contribution in [0.4, 0.5) is 5.69 Å². The van der Waals surface area contributed by atoms with Crippen LogP contribution in [0.1, 0.15) is 21.5 Å². The van der Waals surface area contributed by atoms with Crippen molar-refractivity contribution in [1.82, 2.24) is 0 Å². The first kappa shape index (κ1) is 17.5. The van der Waals surface area contributed by atoms with Gasteiger partial charge in [-0.1, -0.05) is 29.8 Å². The number of halogens is 1. The normalized spacial score (nSPS) is 12.8. The molecule has 0 aliphatic carbocycles. The molecule has 130 valence electrons. The van der Waals surface area contributed by atoms with Gasteiger partial charge < -0.3 is 14.4 Å². The lowest BCUT2D eigenvalue weighted by Crippen LogP contribution is -2.32. The smallest absolute Gasteiger partial charge is 0.337 e. The fourth-order valence-electron chi connectivity index (χ4n) is 2.85. The Morgan fingerprint density at radius 1 is 1.20 bits per heavy atom. The first-order chi connectivity index (χ1) is 12.1. The Kier molecular flexibility index (Phi) is 5.36. The lowest BCUT2D eigenvalue weighted by Gasteiger charge is -2.17. The number of hydrogen-bond donors (Lipinski definition) is 0. The van der Waals surface area contributed by atoms with Gasteiger partial charge in [0, 0.05) is 17.3 Å². The second-order valence-electron chi connectivity index (χ2n) is 5.71. The molecule has 0 radical (unpaired) electrons. The van der Waals surface area contributed by atoms with E-state index in [1.54, 1.807) is 29.2 Å². The van der Waals surface area contributed by atoms with Crippen molar-refractivity contribution in [1.29, 1.82) is 0 Å². The summed E-state index contributed by atoms with van der Waals surface area (Å²) in [6.45, 7) is 0.838. The van der Waals surface area contributed by atoms with Gasteiger partial charge in [0.1, 0.15) is 6.61 Å². The SMILES string of the molecule is COC(=O)c1ccc2c(c1)CCN2C(=O)COCc1ccccc1Cl. The maximum absolute atomic E-state index is 12.4. The van der Waals surface area contributed by atoms with Gasteiger partial charge in [0.2, 0.25) is 0 Å². The Morgan fingerprint density at radius 3 is 2.76 bits per heavy atom. The standard InChI is InChI=1S/C19H18ClNO4/c1-24-19(23)14-6-7-17-13(10-14)8-9-21(17)18(22)12-25-11-15-4-2-3-5-16(15)20/h2-7,10H,8-9,11-12H2,1H3. The second-order valence-corrected chi connectivity index (χ2v) is 6.12. The first-order valence-electron chi connectivity index (χ1n) is 7.93. The third kappa shape index (κ3) is 3.83. The number of carbonyl (C=O) groups is 2. The molecule has 5 nitrogen and oxygen atoms in total. The van der Waals surface area contributed by atoms with E-state index in [1.807, 2.05) is 18.2 Å². The summed E-state index contributed by atoms with van der Waals surface area (Å²) in [6.07, 6.45) is 0.705. The molecule has 0 saturated heterocycles. The molecule has 1 aliphatic heterocycles. The Labute approximate surface area is 151 Å². The van der Waals surface area contributed by atoms with Gasteiger partial charge in [-0.2, -0.15) is 0 Å². The number of ether oxygens (including phenoxy) is 2. The largest absolute Gasteiger partial charge is 0.465 e. The summed E-state index contributed by atoms with van der Waals surface area (Å²) in [6, 6.07) is 12.6. The second kappa shape index (κ2) is 7.68. The molecule has 2 aromatic rings. The Morgan fingerprint density at radius 2 is 2.00 bits per heavy atom. The molecule has 1 heterocycles. The van der Waals surface area contributed by atoms with Crippen LogP contribution < -0.4 is 4.90 Å². The predicted octanol–water partition coefficient (Wildman–Crippen LogP) is 3.23. The summed E-state index contributed by atoms with van der Waals surface area (Å²) in [5.41, 5.74) is 3.12. The van der Waals surface area contributed by atoms with E-state index in [1.165, 1.54) is 7.11 Å². The zero-order valence-electron chi connectivity index (χ0n) is 13.8. The van der Waals surface area contributed by atoms with Crippen LogP contribution in [0.25, 0.3) is 0 Å². The number of methoxy groups -OCH3 is 1. The van der Waals surface area contributed by atoms with E-state index in [0.29, 0.717) is 23.6 Å². The summed E-state index contributed by atoms with van der Waals surface area (Å²) < 4.78 is 10.2. The van der Waals surface area contributed by atoms with Gasteiger partial charge in [-0.25, -0.2) is 4.79 Å². The maximum atomic E-state index is 12.4. The fraction of sp³-hybridized carbons (Fsp3) is 0.263. The van der Waals surface area contributed by atoms with Gasteiger partial charge in [-0.05, 0) is 41.8 Å². The van der Waals surface area contributed by atoms with E-state index >= 15 is 0 Å². The third-order valence-corrected chi connectivity index (χ3v) is 4.51. The molecule has 1 aliphatic rings. The monoisotopic (exact) mass is 359 g/mol. The Balaban J connectivity index is 1.61. The topological polar surface area (TPSA) is 55.8 Å². The van der Waals surface area contributed by atoms with Gasteiger partial charge >= 0.3 is 5.97 Å². The summed E-state index contributed by atoms with van der Waals surface area (Å²) in [7, 11) is 1.35. The third-order valence-electron chi connectivity index (χ3n) is 4.14. The number of benzene rings is 2.